The first-order chi connectivity index (χ1) is 12.1. The smallest absolute Gasteiger partial charge is 0.0809 e. The number of rotatable bonds is 4. The largest absolute Gasteiger partial charge is 0.0823 e. The fourth-order valence-corrected chi connectivity index (χ4v) is 5.41. The maximum atomic E-state index is 6.43. The van der Waals surface area contributed by atoms with Crippen molar-refractivity contribution in [1.82, 2.24) is 0 Å². The second kappa shape index (κ2) is 11.2. The minimum atomic E-state index is -0.487. The van der Waals surface area contributed by atoms with E-state index in [0.29, 0.717) is 17.5 Å². The van der Waals surface area contributed by atoms with Crippen LogP contribution in [0.5, 0.6) is 0 Å². The normalized spacial score (nSPS) is 11.1. The van der Waals surface area contributed by atoms with Crippen LogP contribution in [0.25, 0.3) is 0 Å². The van der Waals surface area contributed by atoms with Crippen molar-refractivity contribution in [3.8, 4) is 0 Å². The quantitative estimate of drug-likeness (QED) is 0.172. The Kier molecular flexibility index (Phi) is 11.2. The van der Waals surface area contributed by atoms with Crippen LogP contribution >= 0.6 is 116 Å². The summed E-state index contributed by atoms with van der Waals surface area (Å²) >= 11 is 62.7. The van der Waals surface area contributed by atoms with Crippen LogP contribution < -0.4 is 0 Å². The molecule has 27 heavy (non-hydrogen) atoms. The Balaban J connectivity index is 0.00000364. The van der Waals surface area contributed by atoms with Gasteiger partial charge in [0.15, 0.2) is 0 Å². The summed E-state index contributed by atoms with van der Waals surface area (Å²) in [5.74, 6) is -0.487. The number of benzene rings is 2. The first kappa shape index (κ1) is 27.2. The molecule has 0 heterocycles. The fraction of sp³-hybridized carbons (Fsp3) is 0.250. The third-order valence-corrected chi connectivity index (χ3v) is 8.37. The van der Waals surface area contributed by atoms with Crippen molar-refractivity contribution >= 4 is 140 Å². The SMILES string of the molecule is CCCC(c1c(Cl)c(Cl)c(Cl)c(Cl)c1Cl)c1c(Cl)c(Cl)c(Cl)c(Cl)c1Cl.[Sb]. The molecular weight excluding hydrogens is 668 g/mol. The zero-order valence-electron chi connectivity index (χ0n) is 13.2. The molecule has 0 aliphatic carbocycles. The van der Waals surface area contributed by atoms with Gasteiger partial charge in [-0.05, 0) is 6.42 Å². The van der Waals surface area contributed by atoms with E-state index in [1.807, 2.05) is 6.92 Å². The van der Waals surface area contributed by atoms with Gasteiger partial charge in [-0.25, -0.2) is 0 Å². The van der Waals surface area contributed by atoms with Gasteiger partial charge >= 0.3 is 0 Å². The molecule has 0 atom stereocenters. The van der Waals surface area contributed by atoms with Crippen LogP contribution in [-0.2, 0) is 0 Å². The zero-order chi connectivity index (χ0) is 19.9. The summed E-state index contributed by atoms with van der Waals surface area (Å²) in [5, 5.41) is 1.05. The first-order valence-corrected chi connectivity index (χ1v) is 10.9. The van der Waals surface area contributed by atoms with Crippen molar-refractivity contribution in [3.05, 3.63) is 61.4 Å². The van der Waals surface area contributed by atoms with Gasteiger partial charge in [-0.3, -0.25) is 0 Å². The molecular formula is C16H8Cl10Sb. The molecule has 0 nitrogen and oxygen atoms in total. The number of hydrogen-bond acceptors (Lipinski definition) is 0. The molecule has 2 aromatic rings. The van der Waals surface area contributed by atoms with Crippen LogP contribution in [0.1, 0.15) is 36.8 Å². The van der Waals surface area contributed by atoms with Gasteiger partial charge in [0.2, 0.25) is 0 Å². The summed E-state index contributed by atoms with van der Waals surface area (Å²) in [5.41, 5.74) is 0.876. The van der Waals surface area contributed by atoms with E-state index in [9.17, 15) is 0 Å². The van der Waals surface area contributed by atoms with Crippen LogP contribution in [0.4, 0.5) is 0 Å². The Morgan fingerprint density at radius 3 is 0.926 bits per heavy atom. The molecule has 0 spiro atoms. The van der Waals surface area contributed by atoms with Crippen molar-refractivity contribution in [2.24, 2.45) is 0 Å². The second-order valence-electron chi connectivity index (χ2n) is 5.31. The summed E-state index contributed by atoms with van der Waals surface area (Å²) in [6.45, 7) is 1.97. The number of hydrogen-bond donors (Lipinski definition) is 0. The van der Waals surface area contributed by atoms with E-state index in [-0.39, 0.29) is 74.7 Å². The molecule has 0 aliphatic rings. The fourth-order valence-electron chi connectivity index (χ4n) is 2.58. The molecule has 0 unspecified atom stereocenters. The van der Waals surface area contributed by atoms with E-state index in [2.05, 4.69) is 0 Å². The summed E-state index contributed by atoms with van der Waals surface area (Å²) in [6.07, 6.45) is 1.29. The van der Waals surface area contributed by atoms with Gasteiger partial charge in [0.25, 0.3) is 0 Å². The molecule has 0 aliphatic heterocycles. The van der Waals surface area contributed by atoms with Crippen molar-refractivity contribution in [3.63, 3.8) is 0 Å². The topological polar surface area (TPSA) is 0 Å². The van der Waals surface area contributed by atoms with Crippen LogP contribution in [0.15, 0.2) is 0 Å². The van der Waals surface area contributed by atoms with Crippen molar-refractivity contribution in [2.45, 2.75) is 25.7 Å². The summed E-state index contributed by atoms with van der Waals surface area (Å²) in [7, 11) is 0. The van der Waals surface area contributed by atoms with Crippen molar-refractivity contribution in [2.75, 3.05) is 0 Å². The molecule has 0 amide bonds. The van der Waals surface area contributed by atoms with Crippen LogP contribution in [0, 0.1) is 0 Å². The maximum Gasteiger partial charge on any atom is 0.0809 e. The van der Waals surface area contributed by atoms with Gasteiger partial charge in [0.1, 0.15) is 0 Å². The zero-order valence-corrected chi connectivity index (χ0v) is 23.3. The average molecular weight is 677 g/mol. The molecule has 0 saturated heterocycles. The average Bonchev–Trinajstić information content (AvgIpc) is 2.61. The summed E-state index contributed by atoms with van der Waals surface area (Å²) < 4.78 is 0. The maximum absolute atomic E-state index is 6.43. The molecule has 3 radical (unpaired) electrons. The van der Waals surface area contributed by atoms with E-state index >= 15 is 0 Å². The van der Waals surface area contributed by atoms with E-state index in [0.717, 1.165) is 6.42 Å². The van der Waals surface area contributed by atoms with Gasteiger partial charge < -0.3 is 0 Å². The second-order valence-corrected chi connectivity index (χ2v) is 9.09. The molecule has 0 saturated carbocycles. The molecule has 11 heteroatoms. The van der Waals surface area contributed by atoms with E-state index in [1.165, 1.54) is 0 Å². The van der Waals surface area contributed by atoms with Crippen LogP contribution in [0.2, 0.25) is 50.2 Å². The minimum Gasteiger partial charge on any atom is -0.0823 e. The van der Waals surface area contributed by atoms with Gasteiger partial charge in [0.05, 0.1) is 50.2 Å². The Morgan fingerprint density at radius 2 is 0.704 bits per heavy atom. The minimum absolute atomic E-state index is 0. The molecule has 0 fully saturated rings. The van der Waals surface area contributed by atoms with E-state index < -0.39 is 5.92 Å². The Morgan fingerprint density at radius 1 is 0.481 bits per heavy atom. The number of halogens is 10. The third-order valence-electron chi connectivity index (χ3n) is 3.76. The van der Waals surface area contributed by atoms with Gasteiger partial charge in [-0.15, -0.1) is 0 Å². The summed E-state index contributed by atoms with van der Waals surface area (Å²) in [6, 6.07) is 0. The van der Waals surface area contributed by atoms with Crippen LogP contribution in [0.3, 0.4) is 0 Å². The molecule has 2 aromatic carbocycles. The van der Waals surface area contributed by atoms with E-state index in [4.69, 9.17) is 116 Å². The summed E-state index contributed by atoms with van der Waals surface area (Å²) in [4.78, 5) is 0. The molecule has 0 N–H and O–H groups in total. The van der Waals surface area contributed by atoms with Gasteiger partial charge in [0, 0.05) is 41.5 Å². The molecule has 0 aromatic heterocycles. The first-order valence-electron chi connectivity index (χ1n) is 7.08. The predicted octanol–water partition coefficient (Wildman–Crippen LogP) is 10.8. The van der Waals surface area contributed by atoms with Gasteiger partial charge in [-0.1, -0.05) is 129 Å². The molecule has 0 bridgehead atoms. The molecule has 2 rings (SSSR count). The van der Waals surface area contributed by atoms with Crippen molar-refractivity contribution < 1.29 is 0 Å². The standard InChI is InChI=1S/C16H8Cl10.Sb/c1-2-3-4(5-7(17)11(21)15(25)12(22)8(5)18)6-9(19)13(23)16(26)14(24)10(6)20;/h4H,2-3H2,1H3;. The van der Waals surface area contributed by atoms with Crippen LogP contribution in [-0.4, -0.2) is 24.4 Å². The predicted molar refractivity (Wildman–Crippen MR) is 125 cm³/mol. The van der Waals surface area contributed by atoms with Crippen molar-refractivity contribution in [1.29, 1.82) is 0 Å². The Hall–Kier alpha value is 2.16. The Labute approximate surface area is 225 Å². The third kappa shape index (κ3) is 5.15. The van der Waals surface area contributed by atoms with Gasteiger partial charge in [-0.2, -0.15) is 0 Å². The Bertz CT molecular complexity index is 753. The molecule has 147 valence electrons. The van der Waals surface area contributed by atoms with E-state index in [1.54, 1.807) is 0 Å². The monoisotopic (exact) mass is 671 g/mol.